The van der Waals surface area contributed by atoms with Crippen LogP contribution in [0.1, 0.15) is 40.9 Å². The van der Waals surface area contributed by atoms with Gasteiger partial charge in [0, 0.05) is 29.3 Å². The lowest BCUT2D eigenvalue weighted by Crippen LogP contribution is -2.27. The fraction of sp³-hybridized carbons (Fsp3) is 0.267. The molecule has 1 amide bonds. The van der Waals surface area contributed by atoms with Crippen LogP contribution in [0.5, 0.6) is 0 Å². The van der Waals surface area contributed by atoms with E-state index in [1.165, 1.54) is 0 Å². The zero-order valence-electron chi connectivity index (χ0n) is 22.1. The van der Waals surface area contributed by atoms with Gasteiger partial charge in [0.25, 0.3) is 5.91 Å². The zero-order chi connectivity index (χ0) is 27.1. The van der Waals surface area contributed by atoms with Gasteiger partial charge in [-0.25, -0.2) is 10.5 Å². The maximum Gasteiger partial charge on any atom is 0.308 e. The zero-order valence-corrected chi connectivity index (χ0v) is 22.1. The molecule has 2 aromatic heterocycles. The first-order valence-corrected chi connectivity index (χ1v) is 12.6. The number of anilines is 1. The number of amides is 1. The van der Waals surface area contributed by atoms with Gasteiger partial charge in [0.2, 0.25) is 0 Å². The molecule has 38 heavy (non-hydrogen) atoms. The lowest BCUT2D eigenvalue weighted by atomic mass is 10.0. The van der Waals surface area contributed by atoms with E-state index in [4.69, 9.17) is 14.6 Å². The molecule has 0 saturated heterocycles. The maximum absolute atomic E-state index is 12.5. The molecule has 2 N–H and O–H groups in total. The van der Waals surface area contributed by atoms with Gasteiger partial charge in [-0.1, -0.05) is 38.1 Å². The molecule has 8 heteroatoms. The number of nitrogens with one attached hydrogen (secondary N) is 2. The second kappa shape index (κ2) is 12.3. The van der Waals surface area contributed by atoms with Crippen LogP contribution in [-0.2, 0) is 20.9 Å². The molecule has 4 rings (SSSR count). The molecule has 0 aliphatic rings. The molecule has 0 saturated carbocycles. The van der Waals surface area contributed by atoms with E-state index in [0.29, 0.717) is 12.1 Å². The van der Waals surface area contributed by atoms with Crippen molar-refractivity contribution in [2.24, 2.45) is 5.92 Å². The van der Waals surface area contributed by atoms with Crippen molar-refractivity contribution >= 4 is 28.6 Å². The molecule has 8 nitrogen and oxygen atoms in total. The molecule has 0 fully saturated rings. The first-order valence-electron chi connectivity index (χ1n) is 12.6. The van der Waals surface area contributed by atoms with Crippen LogP contribution in [0.3, 0.4) is 0 Å². The van der Waals surface area contributed by atoms with Crippen LogP contribution in [0.25, 0.3) is 22.2 Å². The number of carbonyl (C=O) groups excluding carboxylic acids is 2. The van der Waals surface area contributed by atoms with Crippen LogP contribution >= 0.6 is 0 Å². The summed E-state index contributed by atoms with van der Waals surface area (Å²) in [6.07, 6.45) is 1.79. The van der Waals surface area contributed by atoms with E-state index in [0.717, 1.165) is 44.7 Å². The SMILES string of the molecule is Cc1cc(-c2ccc(C)c(NCc3ccc4ncccc4c3)n2)ccc1C(=O)NOCCOC(=O)C(C)C. The number of pyridine rings is 2. The van der Waals surface area contributed by atoms with E-state index in [-0.39, 0.29) is 31.0 Å². The molecule has 4 aromatic rings. The van der Waals surface area contributed by atoms with E-state index in [1.807, 2.05) is 50.2 Å². The molecular formula is C30H32N4O4. The number of hydrogen-bond acceptors (Lipinski definition) is 7. The number of hydrogen-bond donors (Lipinski definition) is 2. The maximum atomic E-state index is 12.5. The van der Waals surface area contributed by atoms with E-state index in [1.54, 1.807) is 26.1 Å². The van der Waals surface area contributed by atoms with Crippen LogP contribution in [0.15, 0.2) is 66.9 Å². The van der Waals surface area contributed by atoms with E-state index in [9.17, 15) is 9.59 Å². The highest BCUT2D eigenvalue weighted by Gasteiger charge is 2.13. The van der Waals surface area contributed by atoms with Crippen molar-refractivity contribution in [3.05, 3.63) is 89.1 Å². The number of hydroxylamine groups is 1. The smallest absolute Gasteiger partial charge is 0.308 e. The normalized spacial score (nSPS) is 11.0. The Morgan fingerprint density at radius 3 is 2.58 bits per heavy atom. The third-order valence-electron chi connectivity index (χ3n) is 6.06. The van der Waals surface area contributed by atoms with Crippen LogP contribution in [0, 0.1) is 19.8 Å². The van der Waals surface area contributed by atoms with Gasteiger partial charge in [-0.15, -0.1) is 0 Å². The number of benzene rings is 2. The predicted molar refractivity (Wildman–Crippen MR) is 147 cm³/mol. The minimum atomic E-state index is -0.367. The Bertz CT molecular complexity index is 1450. The summed E-state index contributed by atoms with van der Waals surface area (Å²) in [6, 6.07) is 19.8. The summed E-state index contributed by atoms with van der Waals surface area (Å²) in [5.41, 5.74) is 8.54. The number of aromatic nitrogens is 2. The van der Waals surface area contributed by atoms with Crippen LogP contribution in [0.2, 0.25) is 0 Å². The number of rotatable bonds is 10. The van der Waals surface area contributed by atoms with Crippen LogP contribution in [-0.4, -0.2) is 35.1 Å². The highest BCUT2D eigenvalue weighted by Crippen LogP contribution is 2.24. The van der Waals surface area contributed by atoms with E-state index >= 15 is 0 Å². The number of nitrogens with zero attached hydrogens (tertiary/aromatic N) is 2. The van der Waals surface area contributed by atoms with Crippen LogP contribution in [0.4, 0.5) is 5.82 Å². The molecule has 0 spiro atoms. The summed E-state index contributed by atoms with van der Waals surface area (Å²) in [7, 11) is 0. The van der Waals surface area contributed by atoms with E-state index in [2.05, 4.69) is 34.0 Å². The average molecular weight is 513 g/mol. The summed E-state index contributed by atoms with van der Waals surface area (Å²) in [5.74, 6) is -0.0717. The van der Waals surface area contributed by atoms with Gasteiger partial charge < -0.3 is 10.1 Å². The third kappa shape index (κ3) is 6.72. The van der Waals surface area contributed by atoms with Gasteiger partial charge in [-0.2, -0.15) is 0 Å². The van der Waals surface area contributed by atoms with Crippen molar-refractivity contribution in [3.63, 3.8) is 0 Å². The standard InChI is InChI=1S/C30H32N4O4/c1-19(2)30(36)37-14-15-38-34-29(35)25-10-9-24(16-21(25)4)27-11-7-20(3)28(33-27)32-18-22-8-12-26-23(17-22)6-5-13-31-26/h5-13,16-17,19H,14-15,18H2,1-4H3,(H,32,33)(H,34,35). The van der Waals surface area contributed by atoms with Crippen molar-refractivity contribution in [1.29, 1.82) is 0 Å². The molecule has 2 heterocycles. The molecule has 2 aromatic carbocycles. The van der Waals surface area contributed by atoms with E-state index < -0.39 is 0 Å². The summed E-state index contributed by atoms with van der Waals surface area (Å²) in [4.78, 5) is 38.4. The second-order valence-electron chi connectivity index (χ2n) is 9.38. The molecule has 0 aliphatic heterocycles. The van der Waals surface area contributed by atoms with Gasteiger partial charge in [0.15, 0.2) is 0 Å². The quantitative estimate of drug-likeness (QED) is 0.167. The lowest BCUT2D eigenvalue weighted by Gasteiger charge is -2.13. The van der Waals surface area contributed by atoms with Crippen molar-refractivity contribution in [2.45, 2.75) is 34.2 Å². The number of esters is 1. The summed E-state index contributed by atoms with van der Waals surface area (Å²) in [6.45, 7) is 8.17. The third-order valence-corrected chi connectivity index (χ3v) is 6.06. The highest BCUT2D eigenvalue weighted by atomic mass is 16.7. The largest absolute Gasteiger partial charge is 0.463 e. The minimum Gasteiger partial charge on any atom is -0.463 e. The molecule has 0 radical (unpaired) electrons. The number of ether oxygens (including phenoxy) is 1. The van der Waals surface area contributed by atoms with Gasteiger partial charge in [0.1, 0.15) is 19.0 Å². The number of aryl methyl sites for hydroxylation is 2. The second-order valence-corrected chi connectivity index (χ2v) is 9.38. The van der Waals surface area contributed by atoms with Gasteiger partial charge in [-0.05, 0) is 66.9 Å². The number of carbonyl (C=O) groups is 2. The highest BCUT2D eigenvalue weighted by molar-refractivity contribution is 5.95. The van der Waals surface area contributed by atoms with Crippen molar-refractivity contribution in [2.75, 3.05) is 18.5 Å². The molecule has 0 aliphatic carbocycles. The molecule has 0 unspecified atom stereocenters. The Balaban J connectivity index is 1.38. The van der Waals surface area contributed by atoms with Crippen molar-refractivity contribution in [1.82, 2.24) is 15.4 Å². The average Bonchev–Trinajstić information content (AvgIpc) is 2.91. The van der Waals surface area contributed by atoms with Crippen LogP contribution < -0.4 is 10.8 Å². The van der Waals surface area contributed by atoms with Crippen molar-refractivity contribution in [3.8, 4) is 11.3 Å². The summed E-state index contributed by atoms with van der Waals surface area (Å²) < 4.78 is 5.03. The Labute approximate surface area is 222 Å². The fourth-order valence-electron chi connectivity index (χ4n) is 3.89. The first-order chi connectivity index (χ1) is 18.3. The van der Waals surface area contributed by atoms with Crippen molar-refractivity contribution < 1.29 is 19.2 Å². The summed E-state index contributed by atoms with van der Waals surface area (Å²) in [5, 5.41) is 4.55. The molecular weight excluding hydrogens is 480 g/mol. The predicted octanol–water partition coefficient (Wildman–Crippen LogP) is 5.39. The first kappa shape index (κ1) is 26.8. The summed E-state index contributed by atoms with van der Waals surface area (Å²) >= 11 is 0. The lowest BCUT2D eigenvalue weighted by molar-refractivity contribution is -0.149. The number of fused-ring (bicyclic) bond motifs is 1. The Morgan fingerprint density at radius 1 is 0.947 bits per heavy atom. The van der Waals surface area contributed by atoms with Gasteiger partial charge >= 0.3 is 5.97 Å². The topological polar surface area (TPSA) is 102 Å². The van der Waals surface area contributed by atoms with Gasteiger partial charge in [0.05, 0.1) is 17.1 Å². The van der Waals surface area contributed by atoms with Gasteiger partial charge in [-0.3, -0.25) is 19.4 Å². The Hall–Kier alpha value is -4.30. The Morgan fingerprint density at radius 2 is 1.79 bits per heavy atom. The Kier molecular flexibility index (Phi) is 8.66. The minimum absolute atomic E-state index is 0.0699. The monoisotopic (exact) mass is 512 g/mol. The molecule has 0 bridgehead atoms. The fourth-order valence-corrected chi connectivity index (χ4v) is 3.89. The molecule has 0 atom stereocenters. The molecule has 196 valence electrons.